The summed E-state index contributed by atoms with van der Waals surface area (Å²) in [5, 5.41) is 8.95. The van der Waals surface area contributed by atoms with Crippen molar-refractivity contribution < 1.29 is 27.8 Å². The summed E-state index contributed by atoms with van der Waals surface area (Å²) in [5.74, 6) is -1.18. The highest BCUT2D eigenvalue weighted by Gasteiger charge is 2.31. The molecule has 0 aromatic heterocycles. The lowest BCUT2D eigenvalue weighted by molar-refractivity contribution is -0.274. The van der Waals surface area contributed by atoms with E-state index < -0.39 is 17.7 Å². The standard InChI is InChI=1S/C13H15F3O3/c1-12(2,11(17)18)8-7-9-3-5-10(6-4-9)19-13(14,15)16/h3-6H,7-8H2,1-2H3,(H,17,18). The highest BCUT2D eigenvalue weighted by atomic mass is 19.4. The predicted octanol–water partition coefficient (Wildman–Crippen LogP) is 3.63. The van der Waals surface area contributed by atoms with E-state index in [4.69, 9.17) is 5.11 Å². The normalized spacial score (nSPS) is 12.3. The maximum Gasteiger partial charge on any atom is 0.573 e. The maximum atomic E-state index is 11.9. The number of carbonyl (C=O) groups is 1. The van der Waals surface area contributed by atoms with Crippen molar-refractivity contribution in [1.82, 2.24) is 0 Å². The van der Waals surface area contributed by atoms with Crippen LogP contribution in [0.2, 0.25) is 0 Å². The summed E-state index contributed by atoms with van der Waals surface area (Å²) in [6.45, 7) is 3.22. The van der Waals surface area contributed by atoms with Crippen molar-refractivity contribution in [1.29, 1.82) is 0 Å². The molecule has 0 bridgehead atoms. The Bertz CT molecular complexity index is 435. The van der Waals surface area contributed by atoms with E-state index >= 15 is 0 Å². The van der Waals surface area contributed by atoms with Gasteiger partial charge in [0.05, 0.1) is 5.41 Å². The van der Waals surface area contributed by atoms with Gasteiger partial charge < -0.3 is 9.84 Å². The Hall–Kier alpha value is -1.72. The van der Waals surface area contributed by atoms with Gasteiger partial charge in [0.2, 0.25) is 0 Å². The molecular formula is C13H15F3O3. The Morgan fingerprint density at radius 2 is 1.74 bits per heavy atom. The minimum absolute atomic E-state index is 0.284. The van der Waals surface area contributed by atoms with Crippen LogP contribution in [0, 0.1) is 5.41 Å². The Kier molecular flexibility index (Phi) is 4.44. The summed E-state index contributed by atoms with van der Waals surface area (Å²) < 4.78 is 39.6. The molecule has 0 fully saturated rings. The van der Waals surface area contributed by atoms with E-state index in [-0.39, 0.29) is 5.75 Å². The van der Waals surface area contributed by atoms with Crippen molar-refractivity contribution in [2.45, 2.75) is 33.1 Å². The number of benzene rings is 1. The van der Waals surface area contributed by atoms with E-state index in [9.17, 15) is 18.0 Å². The fourth-order valence-corrected chi connectivity index (χ4v) is 1.42. The molecule has 1 aromatic rings. The largest absolute Gasteiger partial charge is 0.573 e. The maximum absolute atomic E-state index is 11.9. The zero-order chi connectivity index (χ0) is 14.7. The zero-order valence-electron chi connectivity index (χ0n) is 10.6. The molecule has 0 saturated carbocycles. The number of rotatable bonds is 5. The number of hydrogen-bond acceptors (Lipinski definition) is 2. The molecule has 1 aromatic carbocycles. The molecule has 0 aliphatic heterocycles. The number of aryl methyl sites for hydroxylation is 1. The van der Waals surface area contributed by atoms with Crippen molar-refractivity contribution in [3.8, 4) is 5.75 Å². The molecule has 1 rings (SSSR count). The van der Waals surface area contributed by atoms with Crippen LogP contribution in [-0.2, 0) is 11.2 Å². The fourth-order valence-electron chi connectivity index (χ4n) is 1.42. The quantitative estimate of drug-likeness (QED) is 0.893. The van der Waals surface area contributed by atoms with Crippen LogP contribution in [0.15, 0.2) is 24.3 Å². The van der Waals surface area contributed by atoms with Gasteiger partial charge in [-0.05, 0) is 44.4 Å². The average molecular weight is 276 g/mol. The molecular weight excluding hydrogens is 261 g/mol. The number of hydrogen-bond donors (Lipinski definition) is 1. The molecule has 0 radical (unpaired) electrons. The molecule has 1 N–H and O–H groups in total. The molecule has 0 spiro atoms. The number of ether oxygens (including phenoxy) is 1. The van der Waals surface area contributed by atoms with Gasteiger partial charge in [0, 0.05) is 0 Å². The Morgan fingerprint density at radius 3 is 2.16 bits per heavy atom. The summed E-state index contributed by atoms with van der Waals surface area (Å²) in [6.07, 6.45) is -3.82. The van der Waals surface area contributed by atoms with Gasteiger partial charge in [0.1, 0.15) is 5.75 Å². The first-order chi connectivity index (χ1) is 8.60. The van der Waals surface area contributed by atoms with Crippen LogP contribution in [0.3, 0.4) is 0 Å². The van der Waals surface area contributed by atoms with E-state index in [1.807, 2.05) is 0 Å². The summed E-state index contributed by atoms with van der Waals surface area (Å²) in [7, 11) is 0. The monoisotopic (exact) mass is 276 g/mol. The van der Waals surface area contributed by atoms with Crippen LogP contribution < -0.4 is 4.74 Å². The lowest BCUT2D eigenvalue weighted by atomic mass is 9.86. The van der Waals surface area contributed by atoms with E-state index in [1.54, 1.807) is 13.8 Å². The highest BCUT2D eigenvalue weighted by molar-refractivity contribution is 5.73. The van der Waals surface area contributed by atoms with E-state index in [0.29, 0.717) is 12.8 Å². The molecule has 106 valence electrons. The van der Waals surface area contributed by atoms with Gasteiger partial charge in [0.15, 0.2) is 0 Å². The van der Waals surface area contributed by atoms with Gasteiger partial charge >= 0.3 is 12.3 Å². The van der Waals surface area contributed by atoms with E-state index in [1.165, 1.54) is 24.3 Å². The number of aliphatic carboxylic acids is 1. The van der Waals surface area contributed by atoms with Crippen LogP contribution in [-0.4, -0.2) is 17.4 Å². The van der Waals surface area contributed by atoms with Crippen LogP contribution in [0.5, 0.6) is 5.75 Å². The minimum atomic E-state index is -4.70. The van der Waals surface area contributed by atoms with Gasteiger partial charge in [-0.1, -0.05) is 12.1 Å². The number of halogens is 3. The number of carboxylic acids is 1. The molecule has 0 heterocycles. The predicted molar refractivity (Wildman–Crippen MR) is 62.9 cm³/mol. The summed E-state index contributed by atoms with van der Waals surface area (Å²) >= 11 is 0. The minimum Gasteiger partial charge on any atom is -0.481 e. The molecule has 6 heteroatoms. The van der Waals surface area contributed by atoms with Gasteiger partial charge in [-0.3, -0.25) is 4.79 Å². The first-order valence-corrected chi connectivity index (χ1v) is 5.68. The van der Waals surface area contributed by atoms with Crippen LogP contribution in [0.25, 0.3) is 0 Å². The molecule has 0 atom stereocenters. The van der Waals surface area contributed by atoms with Gasteiger partial charge in [-0.25, -0.2) is 0 Å². The van der Waals surface area contributed by atoms with Crippen LogP contribution >= 0.6 is 0 Å². The average Bonchev–Trinajstić information content (AvgIpc) is 2.26. The first-order valence-electron chi connectivity index (χ1n) is 5.68. The molecule has 19 heavy (non-hydrogen) atoms. The van der Waals surface area contributed by atoms with Crippen LogP contribution in [0.4, 0.5) is 13.2 Å². The smallest absolute Gasteiger partial charge is 0.481 e. The third-order valence-electron chi connectivity index (χ3n) is 2.77. The SMILES string of the molecule is CC(C)(CCc1ccc(OC(F)(F)F)cc1)C(=O)O. The van der Waals surface area contributed by atoms with Gasteiger partial charge in [0.25, 0.3) is 0 Å². The van der Waals surface area contributed by atoms with Crippen molar-refractivity contribution in [2.24, 2.45) is 5.41 Å². The Balaban J connectivity index is 2.61. The van der Waals surface area contributed by atoms with Gasteiger partial charge in [-0.15, -0.1) is 13.2 Å². The molecule has 0 aliphatic carbocycles. The van der Waals surface area contributed by atoms with Crippen molar-refractivity contribution >= 4 is 5.97 Å². The summed E-state index contributed by atoms with van der Waals surface area (Å²) in [4.78, 5) is 10.9. The lowest BCUT2D eigenvalue weighted by Gasteiger charge is -2.18. The summed E-state index contributed by atoms with van der Waals surface area (Å²) in [5.41, 5.74) is -0.0925. The molecule has 0 unspecified atom stereocenters. The highest BCUT2D eigenvalue weighted by Crippen LogP contribution is 2.25. The molecule has 0 amide bonds. The first kappa shape index (κ1) is 15.3. The van der Waals surface area contributed by atoms with Crippen molar-refractivity contribution in [3.63, 3.8) is 0 Å². The second-order valence-electron chi connectivity index (χ2n) is 4.88. The molecule has 0 aliphatic rings. The van der Waals surface area contributed by atoms with Crippen molar-refractivity contribution in [3.05, 3.63) is 29.8 Å². The lowest BCUT2D eigenvalue weighted by Crippen LogP contribution is -2.24. The Labute approximate surface area is 109 Å². The summed E-state index contributed by atoms with van der Waals surface area (Å²) in [6, 6.07) is 5.44. The Morgan fingerprint density at radius 1 is 1.21 bits per heavy atom. The third-order valence-corrected chi connectivity index (χ3v) is 2.77. The third kappa shape index (κ3) is 5.19. The fraction of sp³-hybridized carbons (Fsp3) is 0.462. The topological polar surface area (TPSA) is 46.5 Å². The zero-order valence-corrected chi connectivity index (χ0v) is 10.6. The number of carboxylic acid groups (broad SMARTS) is 1. The second-order valence-corrected chi connectivity index (χ2v) is 4.88. The van der Waals surface area contributed by atoms with E-state index in [2.05, 4.69) is 4.74 Å². The molecule has 0 saturated heterocycles. The van der Waals surface area contributed by atoms with Gasteiger partial charge in [-0.2, -0.15) is 0 Å². The van der Waals surface area contributed by atoms with E-state index in [0.717, 1.165) is 5.56 Å². The second kappa shape index (κ2) is 5.50. The van der Waals surface area contributed by atoms with Crippen LogP contribution in [0.1, 0.15) is 25.8 Å². The number of alkyl halides is 3. The van der Waals surface area contributed by atoms with Crippen molar-refractivity contribution in [2.75, 3.05) is 0 Å². The molecule has 3 nitrogen and oxygen atoms in total.